The maximum atomic E-state index is 12.8. The monoisotopic (exact) mass is 424 g/mol. The molecule has 2 unspecified atom stereocenters. The molecule has 10 heteroatoms. The van der Waals surface area contributed by atoms with Gasteiger partial charge in [0.05, 0.1) is 18.2 Å². The summed E-state index contributed by atoms with van der Waals surface area (Å²) in [5.74, 6) is 0.245. The Morgan fingerprint density at radius 1 is 1.29 bits per heavy atom. The molecule has 2 aliphatic heterocycles. The molecule has 2 aliphatic rings. The molecule has 0 aromatic carbocycles. The van der Waals surface area contributed by atoms with Gasteiger partial charge in [0, 0.05) is 6.54 Å². The van der Waals surface area contributed by atoms with Crippen LogP contribution in [0.3, 0.4) is 0 Å². The van der Waals surface area contributed by atoms with Crippen molar-refractivity contribution < 1.29 is 35.4 Å². The van der Waals surface area contributed by atoms with E-state index in [1.54, 1.807) is 6.26 Å². The smallest absolute Gasteiger partial charge is 0.237 e. The number of aliphatic hydroxyl groups excluding tert-OH is 4. The van der Waals surface area contributed by atoms with E-state index in [0.717, 1.165) is 25.8 Å². The highest BCUT2D eigenvalue weighted by Crippen LogP contribution is 2.30. The van der Waals surface area contributed by atoms with Crippen molar-refractivity contribution in [3.63, 3.8) is 0 Å². The number of hydrogen-bond donors (Lipinski definition) is 5. The Morgan fingerprint density at radius 3 is 2.46 bits per heavy atom. The number of thioether (sulfide) groups is 1. The Morgan fingerprint density at radius 2 is 1.93 bits per heavy atom. The topological polar surface area (TPSA) is 154 Å². The van der Waals surface area contributed by atoms with Gasteiger partial charge in [0.2, 0.25) is 5.91 Å². The van der Waals surface area contributed by atoms with Crippen LogP contribution in [0.25, 0.3) is 0 Å². The van der Waals surface area contributed by atoms with Crippen molar-refractivity contribution in [1.82, 2.24) is 10.2 Å². The normalized spacial score (nSPS) is 38.5. The largest absolute Gasteiger partial charge is 0.412 e. The molecule has 1 amide bonds. The van der Waals surface area contributed by atoms with Crippen LogP contribution in [0.2, 0.25) is 0 Å². The van der Waals surface area contributed by atoms with E-state index in [2.05, 4.69) is 12.2 Å². The molecule has 0 aromatic rings. The molecule has 0 radical (unpaired) electrons. The lowest BCUT2D eigenvalue weighted by atomic mass is 9.92. The fourth-order valence-electron chi connectivity index (χ4n) is 4.13. The average Bonchev–Trinajstić information content (AvgIpc) is 2.99. The Bertz CT molecular complexity index is 497. The van der Waals surface area contributed by atoms with E-state index in [1.807, 2.05) is 11.9 Å². The summed E-state index contributed by atoms with van der Waals surface area (Å²) in [6.07, 6.45) is -1.50. The first-order chi connectivity index (χ1) is 12.7. The number of rotatable bonds is 7. The maximum Gasteiger partial charge on any atom is 0.237 e. The predicted molar refractivity (Wildman–Crippen MR) is 107 cm³/mol. The molecule has 9 atom stereocenters. The number of nitrogens with zero attached hydrogens (tertiary/aromatic N) is 1. The molecule has 0 saturated carbocycles. The van der Waals surface area contributed by atoms with Crippen molar-refractivity contribution in [1.29, 1.82) is 0 Å². The van der Waals surface area contributed by atoms with Crippen LogP contribution in [-0.2, 0) is 9.53 Å². The summed E-state index contributed by atoms with van der Waals surface area (Å²) >= 11 is 1.20. The summed E-state index contributed by atoms with van der Waals surface area (Å²) in [5.41, 5.74) is -0.755. The van der Waals surface area contributed by atoms with Gasteiger partial charge in [0.25, 0.3) is 0 Å². The van der Waals surface area contributed by atoms with Crippen molar-refractivity contribution in [3.05, 3.63) is 0 Å². The quantitative estimate of drug-likeness (QED) is 0.325. The summed E-state index contributed by atoms with van der Waals surface area (Å²) in [7, 11) is 1.91. The van der Waals surface area contributed by atoms with Gasteiger partial charge < -0.3 is 36.0 Å². The number of likely N-dealkylation sites (N-methyl/N-ethyl adjacent to an activating group) is 1. The Hall–Kier alpha value is -0.460. The molecular formula is C18H36N2O7S. The van der Waals surface area contributed by atoms with Crippen LogP contribution in [0, 0.1) is 5.92 Å². The standard InChI is InChI=1S/C18H34N2O6S.H2O/c1-5-6-10-7-11(20(3)8-10)17(25)19-12(9(2)21)16-14(23)13(22)15(24)18(26-16)27-4;/h9-16,18,21-24H,5-8H2,1-4H3,(H,19,25);1H2/t9?,10-,11+,12?,13+,14-,15-,16-,18-;/m1./s1. The van der Waals surface area contributed by atoms with Gasteiger partial charge >= 0.3 is 0 Å². The SMILES string of the molecule is CCC[C@@H]1C[C@@H](C(=O)NC(C(C)O)[C@H]2O[C@H](SC)[C@H](O)[C@@H](O)[C@H]2O)N(C)C1.O. The Kier molecular flexibility index (Phi) is 10.1. The average molecular weight is 425 g/mol. The summed E-state index contributed by atoms with van der Waals surface area (Å²) in [5, 5.41) is 43.5. The molecular weight excluding hydrogens is 388 g/mol. The van der Waals surface area contributed by atoms with Crippen LogP contribution in [-0.4, -0.2) is 105 Å². The maximum absolute atomic E-state index is 12.8. The van der Waals surface area contributed by atoms with Crippen LogP contribution in [0.15, 0.2) is 0 Å². The molecule has 166 valence electrons. The van der Waals surface area contributed by atoms with E-state index in [1.165, 1.54) is 18.7 Å². The summed E-state index contributed by atoms with van der Waals surface area (Å²) in [6.45, 7) is 4.48. The molecule has 0 spiro atoms. The first-order valence-corrected chi connectivity index (χ1v) is 10.9. The third kappa shape index (κ3) is 5.57. The number of carbonyl (C=O) groups excluding carboxylic acids is 1. The van der Waals surface area contributed by atoms with Crippen LogP contribution in [0.1, 0.15) is 33.1 Å². The second kappa shape index (κ2) is 11.1. The number of likely N-dealkylation sites (tertiary alicyclic amines) is 1. The molecule has 28 heavy (non-hydrogen) atoms. The van der Waals surface area contributed by atoms with Gasteiger partial charge in [0.1, 0.15) is 29.9 Å². The highest BCUT2D eigenvalue weighted by atomic mass is 32.2. The van der Waals surface area contributed by atoms with Gasteiger partial charge in [-0.05, 0) is 39.0 Å². The first kappa shape index (κ1) is 25.6. The van der Waals surface area contributed by atoms with E-state index in [-0.39, 0.29) is 17.4 Å². The minimum atomic E-state index is -1.42. The molecule has 2 heterocycles. The third-order valence-electron chi connectivity index (χ3n) is 5.66. The van der Waals surface area contributed by atoms with Gasteiger partial charge in [0.15, 0.2) is 0 Å². The second-order valence-electron chi connectivity index (χ2n) is 7.80. The lowest BCUT2D eigenvalue weighted by Gasteiger charge is -2.44. The molecule has 7 N–H and O–H groups in total. The van der Waals surface area contributed by atoms with Crippen LogP contribution in [0.4, 0.5) is 0 Å². The highest BCUT2D eigenvalue weighted by molar-refractivity contribution is 7.99. The van der Waals surface area contributed by atoms with E-state index in [4.69, 9.17) is 4.74 Å². The fraction of sp³-hybridized carbons (Fsp3) is 0.944. The summed E-state index contributed by atoms with van der Waals surface area (Å²) < 4.78 is 5.72. The number of amides is 1. The van der Waals surface area contributed by atoms with Crippen molar-refractivity contribution in [3.8, 4) is 0 Å². The minimum Gasteiger partial charge on any atom is -0.412 e. The Labute approximate surface area is 170 Å². The van der Waals surface area contributed by atoms with Crippen LogP contribution < -0.4 is 5.32 Å². The zero-order valence-corrected chi connectivity index (χ0v) is 17.8. The zero-order chi connectivity index (χ0) is 20.3. The van der Waals surface area contributed by atoms with Crippen molar-refractivity contribution in [2.24, 2.45) is 5.92 Å². The van der Waals surface area contributed by atoms with Crippen molar-refractivity contribution in [2.45, 2.75) is 81.1 Å². The molecule has 9 nitrogen and oxygen atoms in total. The number of aliphatic hydroxyl groups is 4. The third-order valence-corrected chi connectivity index (χ3v) is 6.51. The highest BCUT2D eigenvalue weighted by Gasteiger charge is 2.48. The molecule has 2 fully saturated rings. The molecule has 2 saturated heterocycles. The molecule has 0 aromatic heterocycles. The molecule has 0 aliphatic carbocycles. The zero-order valence-electron chi connectivity index (χ0n) is 17.0. The van der Waals surface area contributed by atoms with E-state index in [0.29, 0.717) is 5.92 Å². The molecule has 0 bridgehead atoms. The minimum absolute atomic E-state index is 0. The van der Waals surface area contributed by atoms with E-state index in [9.17, 15) is 25.2 Å². The number of carbonyl (C=O) groups is 1. The number of nitrogens with one attached hydrogen (secondary N) is 1. The lowest BCUT2D eigenvalue weighted by molar-refractivity contribution is -0.211. The number of ether oxygens (including phenoxy) is 1. The first-order valence-electron chi connectivity index (χ1n) is 9.62. The van der Waals surface area contributed by atoms with Gasteiger partial charge in [-0.25, -0.2) is 0 Å². The van der Waals surface area contributed by atoms with Crippen LogP contribution in [0.5, 0.6) is 0 Å². The summed E-state index contributed by atoms with van der Waals surface area (Å²) in [4.78, 5) is 14.9. The van der Waals surface area contributed by atoms with Gasteiger partial charge in [-0.2, -0.15) is 0 Å². The number of hydrogen-bond acceptors (Lipinski definition) is 8. The summed E-state index contributed by atoms with van der Waals surface area (Å²) in [6, 6.07) is -1.20. The predicted octanol–water partition coefficient (Wildman–Crippen LogP) is -1.68. The van der Waals surface area contributed by atoms with Crippen molar-refractivity contribution >= 4 is 17.7 Å². The van der Waals surface area contributed by atoms with Gasteiger partial charge in [-0.15, -0.1) is 11.8 Å². The van der Waals surface area contributed by atoms with E-state index < -0.39 is 42.0 Å². The second-order valence-corrected chi connectivity index (χ2v) is 8.73. The van der Waals surface area contributed by atoms with Crippen LogP contribution >= 0.6 is 11.8 Å². The Balaban J connectivity index is 0.00000392. The lowest BCUT2D eigenvalue weighted by Crippen LogP contribution is -2.65. The van der Waals surface area contributed by atoms with Gasteiger partial charge in [-0.1, -0.05) is 13.3 Å². The van der Waals surface area contributed by atoms with Gasteiger partial charge in [-0.3, -0.25) is 9.69 Å². The van der Waals surface area contributed by atoms with E-state index >= 15 is 0 Å². The van der Waals surface area contributed by atoms with Crippen molar-refractivity contribution in [2.75, 3.05) is 19.8 Å². The fourth-order valence-corrected chi connectivity index (χ4v) is 4.81. The molecule has 2 rings (SSSR count).